The van der Waals surface area contributed by atoms with Crippen LogP contribution >= 0.6 is 0 Å². The van der Waals surface area contributed by atoms with Gasteiger partial charge in [-0.3, -0.25) is 4.79 Å². The maximum atomic E-state index is 12.4. The van der Waals surface area contributed by atoms with E-state index in [0.29, 0.717) is 26.1 Å². The molecule has 0 aromatic carbocycles. The average Bonchev–Trinajstić information content (AvgIpc) is 2.52. The Morgan fingerprint density at radius 3 is 2.35 bits per heavy atom. The molecular formula is C19H38N4O3. The fraction of sp³-hybridized carbons (Fsp3) is 0.895. The van der Waals surface area contributed by atoms with Gasteiger partial charge < -0.3 is 26.0 Å². The van der Waals surface area contributed by atoms with E-state index in [2.05, 4.69) is 15.5 Å². The molecule has 0 saturated heterocycles. The van der Waals surface area contributed by atoms with Crippen LogP contribution in [0.4, 0.5) is 4.79 Å². The van der Waals surface area contributed by atoms with E-state index in [1.165, 1.54) is 6.42 Å². The first-order chi connectivity index (χ1) is 12.2. The first-order valence-corrected chi connectivity index (χ1v) is 9.78. The Labute approximate surface area is 158 Å². The van der Waals surface area contributed by atoms with Crippen molar-refractivity contribution in [3.63, 3.8) is 0 Å². The molecule has 0 heterocycles. The van der Waals surface area contributed by atoms with Crippen LogP contribution in [0.25, 0.3) is 0 Å². The van der Waals surface area contributed by atoms with Crippen molar-refractivity contribution in [1.82, 2.24) is 15.5 Å². The Kier molecular flexibility index (Phi) is 9.36. The minimum absolute atomic E-state index is 0.0547. The minimum atomic E-state index is -0.517. The van der Waals surface area contributed by atoms with Crippen molar-refractivity contribution in [3.8, 4) is 0 Å². The van der Waals surface area contributed by atoms with Gasteiger partial charge in [0.2, 0.25) is 5.91 Å². The molecule has 0 bridgehead atoms. The van der Waals surface area contributed by atoms with Crippen LogP contribution in [0.2, 0.25) is 0 Å². The Morgan fingerprint density at radius 2 is 1.77 bits per heavy atom. The van der Waals surface area contributed by atoms with Gasteiger partial charge in [0.25, 0.3) is 0 Å². The highest BCUT2D eigenvalue weighted by Gasteiger charge is 2.35. The number of carbonyl (C=O) groups excluding carboxylic acids is 2. The van der Waals surface area contributed by atoms with Crippen molar-refractivity contribution < 1.29 is 14.3 Å². The van der Waals surface area contributed by atoms with Crippen LogP contribution in [0.15, 0.2) is 0 Å². The summed E-state index contributed by atoms with van der Waals surface area (Å²) < 4.78 is 5.33. The van der Waals surface area contributed by atoms with Crippen molar-refractivity contribution in [3.05, 3.63) is 0 Å². The second kappa shape index (κ2) is 10.7. The first kappa shape index (κ1) is 22.7. The molecule has 4 N–H and O–H groups in total. The Hall–Kier alpha value is -1.34. The van der Waals surface area contributed by atoms with E-state index < -0.39 is 11.7 Å². The zero-order valence-corrected chi connectivity index (χ0v) is 17.0. The van der Waals surface area contributed by atoms with Crippen LogP contribution in [-0.4, -0.2) is 62.3 Å². The molecule has 0 atom stereocenters. The Morgan fingerprint density at radius 1 is 1.12 bits per heavy atom. The molecule has 0 aromatic heterocycles. The van der Waals surface area contributed by atoms with Crippen LogP contribution in [0.1, 0.15) is 59.3 Å². The van der Waals surface area contributed by atoms with E-state index >= 15 is 0 Å². The molecule has 7 heteroatoms. The second-order valence-corrected chi connectivity index (χ2v) is 8.53. The summed E-state index contributed by atoms with van der Waals surface area (Å²) in [6.07, 6.45) is 5.35. The summed E-state index contributed by atoms with van der Waals surface area (Å²) >= 11 is 0. The van der Waals surface area contributed by atoms with Gasteiger partial charge in [0.15, 0.2) is 0 Å². The van der Waals surface area contributed by atoms with Crippen LogP contribution in [0, 0.1) is 5.41 Å². The highest BCUT2D eigenvalue weighted by molar-refractivity contribution is 5.77. The number of nitrogens with zero attached hydrogens (tertiary/aromatic N) is 1. The molecule has 2 amide bonds. The summed E-state index contributed by atoms with van der Waals surface area (Å²) in [6.45, 7) is 8.86. The number of amides is 2. The van der Waals surface area contributed by atoms with Gasteiger partial charge in [0.1, 0.15) is 5.60 Å². The molecule has 0 radical (unpaired) electrons. The van der Waals surface area contributed by atoms with Crippen molar-refractivity contribution in [2.45, 2.75) is 64.9 Å². The number of hydrogen-bond acceptors (Lipinski definition) is 5. The number of alkyl carbamates (subject to hydrolysis) is 1. The molecule has 1 aliphatic carbocycles. The average molecular weight is 371 g/mol. The summed E-state index contributed by atoms with van der Waals surface area (Å²) in [7, 11) is 1.99. The van der Waals surface area contributed by atoms with Crippen LogP contribution in [-0.2, 0) is 9.53 Å². The molecule has 0 aromatic rings. The first-order valence-electron chi connectivity index (χ1n) is 9.78. The predicted molar refractivity (Wildman–Crippen MR) is 104 cm³/mol. The number of nitrogens with two attached hydrogens (primary N) is 1. The van der Waals surface area contributed by atoms with Gasteiger partial charge >= 0.3 is 6.09 Å². The van der Waals surface area contributed by atoms with Crippen molar-refractivity contribution in [2.24, 2.45) is 11.1 Å². The smallest absolute Gasteiger partial charge is 0.407 e. The summed E-state index contributed by atoms with van der Waals surface area (Å²) in [5, 5.41) is 5.89. The largest absolute Gasteiger partial charge is 0.444 e. The fourth-order valence-corrected chi connectivity index (χ4v) is 3.41. The molecule has 152 valence electrons. The normalized spacial score (nSPS) is 17.0. The third-order valence-corrected chi connectivity index (χ3v) is 4.78. The molecule has 1 saturated carbocycles. The summed E-state index contributed by atoms with van der Waals surface area (Å²) in [5.74, 6) is 0.0547. The highest BCUT2D eigenvalue weighted by Crippen LogP contribution is 2.38. The number of rotatable bonds is 9. The SMILES string of the molecule is CN(CCN)CCNC(=O)CC1(CNC(=O)OC(C)(C)C)CCCCC1. The van der Waals surface area contributed by atoms with Gasteiger partial charge in [0.05, 0.1) is 0 Å². The number of carbonyl (C=O) groups is 2. The minimum Gasteiger partial charge on any atom is -0.444 e. The van der Waals surface area contributed by atoms with Gasteiger partial charge in [-0.15, -0.1) is 0 Å². The lowest BCUT2D eigenvalue weighted by Gasteiger charge is -2.37. The zero-order chi connectivity index (χ0) is 19.6. The standard InChI is InChI=1S/C19H38N4O3/c1-18(2,3)26-17(25)22-15-19(8-6-5-7-9-19)14-16(24)21-11-13-23(4)12-10-20/h5-15,20H2,1-4H3,(H,21,24)(H,22,25). The van der Waals surface area contributed by atoms with E-state index in [1.807, 2.05) is 27.8 Å². The topological polar surface area (TPSA) is 96.7 Å². The molecule has 0 aliphatic heterocycles. The molecule has 7 nitrogen and oxygen atoms in total. The van der Waals surface area contributed by atoms with Crippen LogP contribution < -0.4 is 16.4 Å². The molecule has 26 heavy (non-hydrogen) atoms. The zero-order valence-electron chi connectivity index (χ0n) is 17.0. The molecule has 1 rings (SSSR count). The molecular weight excluding hydrogens is 332 g/mol. The van der Waals surface area contributed by atoms with Gasteiger partial charge in [-0.25, -0.2) is 4.79 Å². The lowest BCUT2D eigenvalue weighted by atomic mass is 9.71. The second-order valence-electron chi connectivity index (χ2n) is 8.53. The molecule has 1 fully saturated rings. The van der Waals surface area contributed by atoms with Crippen molar-refractivity contribution >= 4 is 12.0 Å². The van der Waals surface area contributed by atoms with E-state index in [4.69, 9.17) is 10.5 Å². The monoisotopic (exact) mass is 370 g/mol. The van der Waals surface area contributed by atoms with E-state index in [9.17, 15) is 9.59 Å². The maximum Gasteiger partial charge on any atom is 0.407 e. The molecule has 1 aliphatic rings. The van der Waals surface area contributed by atoms with Gasteiger partial charge in [0, 0.05) is 39.1 Å². The predicted octanol–water partition coefficient (Wildman–Crippen LogP) is 1.86. The van der Waals surface area contributed by atoms with Gasteiger partial charge in [-0.1, -0.05) is 19.3 Å². The van der Waals surface area contributed by atoms with Crippen LogP contribution in [0.5, 0.6) is 0 Å². The number of ether oxygens (including phenoxy) is 1. The van der Waals surface area contributed by atoms with Crippen LogP contribution in [0.3, 0.4) is 0 Å². The van der Waals surface area contributed by atoms with E-state index in [1.54, 1.807) is 0 Å². The summed E-state index contributed by atoms with van der Waals surface area (Å²) in [4.78, 5) is 26.5. The maximum absolute atomic E-state index is 12.4. The Balaban J connectivity index is 2.49. The third kappa shape index (κ3) is 9.38. The lowest BCUT2D eigenvalue weighted by Crippen LogP contribution is -2.44. The number of nitrogens with one attached hydrogen (secondary N) is 2. The summed E-state index contributed by atoms with van der Waals surface area (Å²) in [5.41, 5.74) is 4.84. The van der Waals surface area contributed by atoms with Gasteiger partial charge in [-0.2, -0.15) is 0 Å². The van der Waals surface area contributed by atoms with Crippen molar-refractivity contribution in [1.29, 1.82) is 0 Å². The van der Waals surface area contributed by atoms with E-state index in [0.717, 1.165) is 38.8 Å². The molecule has 0 spiro atoms. The third-order valence-electron chi connectivity index (χ3n) is 4.78. The Bertz CT molecular complexity index is 443. The lowest BCUT2D eigenvalue weighted by molar-refractivity contribution is -0.124. The quantitative estimate of drug-likeness (QED) is 0.576. The number of hydrogen-bond donors (Lipinski definition) is 3. The van der Waals surface area contributed by atoms with E-state index in [-0.39, 0.29) is 11.3 Å². The number of likely N-dealkylation sites (N-methyl/N-ethyl adjacent to an activating group) is 1. The van der Waals surface area contributed by atoms with Crippen molar-refractivity contribution in [2.75, 3.05) is 39.8 Å². The van der Waals surface area contributed by atoms with Gasteiger partial charge in [-0.05, 0) is 46.1 Å². The highest BCUT2D eigenvalue weighted by atomic mass is 16.6. The molecule has 0 unspecified atom stereocenters. The summed E-state index contributed by atoms with van der Waals surface area (Å²) in [6, 6.07) is 0. The fourth-order valence-electron chi connectivity index (χ4n) is 3.41.